The monoisotopic (exact) mass is 301 g/mol. The summed E-state index contributed by atoms with van der Waals surface area (Å²) in [5.74, 6) is -0.335. The number of carbonyl (C=O) groups excluding carboxylic acids is 1. The maximum absolute atomic E-state index is 12.0. The summed E-state index contributed by atoms with van der Waals surface area (Å²) in [6.45, 7) is 0.305. The molecule has 1 saturated carbocycles. The molecular weight excluding hydrogens is 282 g/mol. The Morgan fingerprint density at radius 3 is 2.68 bits per heavy atom. The Morgan fingerprint density at radius 1 is 1.36 bits per heavy atom. The van der Waals surface area contributed by atoms with Crippen LogP contribution in [-0.2, 0) is 23.2 Å². The molecule has 1 amide bonds. The van der Waals surface area contributed by atoms with Crippen LogP contribution in [0.4, 0.5) is 0 Å². The van der Waals surface area contributed by atoms with Crippen LogP contribution in [-0.4, -0.2) is 26.5 Å². The molecule has 116 valence electrons. The van der Waals surface area contributed by atoms with E-state index in [1.165, 1.54) is 0 Å². The van der Waals surface area contributed by atoms with Gasteiger partial charge in [-0.15, -0.1) is 0 Å². The zero-order chi connectivity index (χ0) is 15.7. The second-order valence-corrected chi connectivity index (χ2v) is 5.97. The fourth-order valence-electron chi connectivity index (χ4n) is 2.97. The number of carbonyl (C=O) groups is 2. The first-order valence-electron chi connectivity index (χ1n) is 7.42. The number of imidazole rings is 1. The van der Waals surface area contributed by atoms with Gasteiger partial charge in [-0.25, -0.2) is 4.98 Å². The molecule has 22 heavy (non-hydrogen) atoms. The average Bonchev–Trinajstić information content (AvgIpc) is 2.77. The van der Waals surface area contributed by atoms with E-state index in [0.717, 1.165) is 23.3 Å². The van der Waals surface area contributed by atoms with Crippen LogP contribution < -0.4 is 5.32 Å². The molecule has 2 N–H and O–H groups in total. The lowest BCUT2D eigenvalue weighted by atomic mass is 9.66. The van der Waals surface area contributed by atoms with Crippen LogP contribution in [0.3, 0.4) is 0 Å². The lowest BCUT2D eigenvalue weighted by Crippen LogP contribution is -2.42. The van der Waals surface area contributed by atoms with Crippen molar-refractivity contribution in [1.29, 1.82) is 0 Å². The summed E-state index contributed by atoms with van der Waals surface area (Å²) >= 11 is 0. The minimum absolute atomic E-state index is 0.0479. The van der Waals surface area contributed by atoms with Crippen LogP contribution in [0.5, 0.6) is 0 Å². The van der Waals surface area contributed by atoms with Gasteiger partial charge in [0.15, 0.2) is 0 Å². The number of aromatic nitrogens is 2. The van der Waals surface area contributed by atoms with Gasteiger partial charge in [0, 0.05) is 13.5 Å². The number of hydrogen-bond donors (Lipinski definition) is 2. The maximum atomic E-state index is 12.0. The number of aliphatic carboxylic acids is 1. The third kappa shape index (κ3) is 2.45. The fraction of sp³-hybridized carbons (Fsp3) is 0.438. The minimum atomic E-state index is -0.864. The van der Waals surface area contributed by atoms with Crippen molar-refractivity contribution in [1.82, 2.24) is 14.9 Å². The number of aryl methyl sites for hydroxylation is 1. The largest absolute Gasteiger partial charge is 0.481 e. The lowest BCUT2D eigenvalue weighted by molar-refractivity contribution is -0.157. The summed E-state index contributed by atoms with van der Waals surface area (Å²) < 4.78 is 1.94. The standard InChI is InChI=1S/C16H19N3O3/c1-19-12-6-3-2-5-11(12)18-13(19)10-17-14(20)9-16(15(21)22)7-4-8-16/h2-3,5-6H,4,7-10H2,1H3,(H,17,20)(H,21,22). The van der Waals surface area contributed by atoms with Crippen molar-refractivity contribution in [3.8, 4) is 0 Å². The van der Waals surface area contributed by atoms with Crippen LogP contribution in [0.25, 0.3) is 11.0 Å². The molecule has 1 heterocycles. The predicted molar refractivity (Wildman–Crippen MR) is 81.1 cm³/mol. The summed E-state index contributed by atoms with van der Waals surface area (Å²) in [4.78, 5) is 27.8. The summed E-state index contributed by atoms with van der Waals surface area (Å²) in [5.41, 5.74) is 1.04. The Morgan fingerprint density at radius 2 is 2.09 bits per heavy atom. The van der Waals surface area contributed by atoms with Gasteiger partial charge in [-0.2, -0.15) is 0 Å². The fourth-order valence-corrected chi connectivity index (χ4v) is 2.97. The summed E-state index contributed by atoms with van der Waals surface area (Å²) in [7, 11) is 1.90. The van der Waals surface area contributed by atoms with Crippen molar-refractivity contribution in [3.05, 3.63) is 30.1 Å². The van der Waals surface area contributed by atoms with E-state index in [4.69, 9.17) is 0 Å². The molecule has 6 nitrogen and oxygen atoms in total. The molecule has 2 aromatic rings. The van der Waals surface area contributed by atoms with E-state index in [9.17, 15) is 14.7 Å². The maximum Gasteiger partial charge on any atom is 0.310 e. The molecule has 0 bridgehead atoms. The Labute approximate surface area is 128 Å². The van der Waals surface area contributed by atoms with E-state index >= 15 is 0 Å². The van der Waals surface area contributed by atoms with Crippen molar-refractivity contribution >= 4 is 22.9 Å². The first-order valence-corrected chi connectivity index (χ1v) is 7.42. The highest BCUT2D eigenvalue weighted by atomic mass is 16.4. The van der Waals surface area contributed by atoms with Crippen LogP contribution >= 0.6 is 0 Å². The molecule has 1 aliphatic carbocycles. The third-order valence-corrected chi connectivity index (χ3v) is 4.59. The molecule has 1 fully saturated rings. The number of fused-ring (bicyclic) bond motifs is 1. The van der Waals surface area contributed by atoms with Gasteiger partial charge in [-0.3, -0.25) is 9.59 Å². The molecule has 0 saturated heterocycles. The molecule has 0 atom stereocenters. The normalized spacial score (nSPS) is 16.2. The Balaban J connectivity index is 1.65. The van der Waals surface area contributed by atoms with Crippen LogP contribution in [0, 0.1) is 5.41 Å². The smallest absolute Gasteiger partial charge is 0.310 e. The highest BCUT2D eigenvalue weighted by molar-refractivity contribution is 5.85. The number of benzene rings is 1. The van der Waals surface area contributed by atoms with Gasteiger partial charge in [-0.05, 0) is 25.0 Å². The molecule has 0 aliphatic heterocycles. The SMILES string of the molecule is Cn1c(CNC(=O)CC2(C(=O)O)CCC2)nc2ccccc21. The number of carboxylic acids is 1. The number of nitrogens with one attached hydrogen (secondary N) is 1. The summed E-state index contributed by atoms with van der Waals surface area (Å²) in [6, 6.07) is 7.76. The van der Waals surface area contributed by atoms with Crippen molar-refractivity contribution in [3.63, 3.8) is 0 Å². The predicted octanol–water partition coefficient (Wildman–Crippen LogP) is 1.83. The molecule has 1 aliphatic rings. The number of para-hydroxylation sites is 2. The van der Waals surface area contributed by atoms with Crippen LogP contribution in [0.2, 0.25) is 0 Å². The molecule has 0 spiro atoms. The van der Waals surface area contributed by atoms with Crippen molar-refractivity contribution < 1.29 is 14.7 Å². The van der Waals surface area contributed by atoms with E-state index in [0.29, 0.717) is 19.4 Å². The number of carboxylic acid groups (broad SMARTS) is 1. The Kier molecular flexibility index (Phi) is 3.60. The molecule has 1 aromatic heterocycles. The molecule has 0 unspecified atom stereocenters. The van der Waals surface area contributed by atoms with Gasteiger partial charge in [-0.1, -0.05) is 18.6 Å². The first-order chi connectivity index (χ1) is 10.5. The second kappa shape index (κ2) is 5.44. The Bertz CT molecular complexity index is 731. The molecule has 3 rings (SSSR count). The van der Waals surface area contributed by atoms with E-state index in [2.05, 4.69) is 10.3 Å². The van der Waals surface area contributed by atoms with Gasteiger partial charge in [0.2, 0.25) is 5.91 Å². The van der Waals surface area contributed by atoms with Crippen molar-refractivity contribution in [2.45, 2.75) is 32.2 Å². The van der Waals surface area contributed by atoms with Crippen LogP contribution in [0.15, 0.2) is 24.3 Å². The quantitative estimate of drug-likeness (QED) is 0.882. The van der Waals surface area contributed by atoms with E-state index in [1.807, 2.05) is 35.9 Å². The van der Waals surface area contributed by atoms with Gasteiger partial charge in [0.1, 0.15) is 5.82 Å². The van der Waals surface area contributed by atoms with E-state index in [1.54, 1.807) is 0 Å². The van der Waals surface area contributed by atoms with Gasteiger partial charge in [0.25, 0.3) is 0 Å². The summed E-state index contributed by atoms with van der Waals surface area (Å²) in [6.07, 6.45) is 2.10. The first kappa shape index (κ1) is 14.6. The van der Waals surface area contributed by atoms with Crippen LogP contribution in [0.1, 0.15) is 31.5 Å². The van der Waals surface area contributed by atoms with Crippen molar-refractivity contribution in [2.24, 2.45) is 12.5 Å². The molecular formula is C16H19N3O3. The third-order valence-electron chi connectivity index (χ3n) is 4.59. The number of hydrogen-bond acceptors (Lipinski definition) is 3. The zero-order valence-corrected chi connectivity index (χ0v) is 12.5. The highest BCUT2D eigenvalue weighted by Crippen LogP contribution is 2.44. The lowest BCUT2D eigenvalue weighted by Gasteiger charge is -2.36. The highest BCUT2D eigenvalue weighted by Gasteiger charge is 2.45. The van der Waals surface area contributed by atoms with Crippen molar-refractivity contribution in [2.75, 3.05) is 0 Å². The van der Waals surface area contributed by atoms with Gasteiger partial charge >= 0.3 is 5.97 Å². The molecule has 6 heteroatoms. The zero-order valence-electron chi connectivity index (χ0n) is 12.5. The average molecular weight is 301 g/mol. The molecule has 1 aromatic carbocycles. The second-order valence-electron chi connectivity index (χ2n) is 5.97. The number of amides is 1. The van der Waals surface area contributed by atoms with E-state index < -0.39 is 11.4 Å². The topological polar surface area (TPSA) is 84.2 Å². The van der Waals surface area contributed by atoms with Gasteiger partial charge in [0.05, 0.1) is 23.0 Å². The summed E-state index contributed by atoms with van der Waals surface area (Å²) in [5, 5.41) is 12.1. The Hall–Kier alpha value is -2.37. The van der Waals surface area contributed by atoms with Gasteiger partial charge < -0.3 is 15.0 Å². The van der Waals surface area contributed by atoms with E-state index in [-0.39, 0.29) is 12.3 Å². The molecule has 0 radical (unpaired) electrons. The minimum Gasteiger partial charge on any atom is -0.481 e. The number of nitrogens with zero attached hydrogens (tertiary/aromatic N) is 2. The number of rotatable bonds is 5.